The predicted octanol–water partition coefficient (Wildman–Crippen LogP) is 4.02. The van der Waals surface area contributed by atoms with E-state index in [2.05, 4.69) is 5.32 Å². The van der Waals surface area contributed by atoms with Gasteiger partial charge in [-0.3, -0.25) is 5.32 Å². The third-order valence-electron chi connectivity index (χ3n) is 4.16. The van der Waals surface area contributed by atoms with Crippen molar-refractivity contribution in [2.75, 3.05) is 19.0 Å². The van der Waals surface area contributed by atoms with E-state index in [0.29, 0.717) is 23.4 Å². The highest BCUT2D eigenvalue weighted by molar-refractivity contribution is 5.84. The van der Waals surface area contributed by atoms with Crippen LogP contribution in [0.3, 0.4) is 0 Å². The fourth-order valence-electron chi connectivity index (χ4n) is 2.65. The fraction of sp³-hybridized carbons (Fsp3) is 0.350. The number of aliphatic hydroxyl groups is 1. The SMILES string of the molecule is COc1ccc([C@@H](OC(=O)Nc2ccc(C)cc2)[C@H](C)CCO)cc1O. The van der Waals surface area contributed by atoms with Crippen LogP contribution >= 0.6 is 0 Å². The van der Waals surface area contributed by atoms with Crippen LogP contribution in [0.4, 0.5) is 10.5 Å². The molecule has 0 aromatic heterocycles. The maximum atomic E-state index is 12.3. The summed E-state index contributed by atoms with van der Waals surface area (Å²) in [6.07, 6.45) is -0.765. The Morgan fingerprint density at radius 1 is 1.19 bits per heavy atom. The van der Waals surface area contributed by atoms with Crippen molar-refractivity contribution >= 4 is 11.8 Å². The largest absolute Gasteiger partial charge is 0.504 e. The highest BCUT2D eigenvalue weighted by atomic mass is 16.6. The van der Waals surface area contributed by atoms with Crippen molar-refractivity contribution in [3.8, 4) is 11.5 Å². The lowest BCUT2D eigenvalue weighted by Crippen LogP contribution is -2.22. The minimum absolute atomic E-state index is 0.0251. The average molecular weight is 359 g/mol. The van der Waals surface area contributed by atoms with E-state index in [1.54, 1.807) is 24.3 Å². The molecule has 0 radical (unpaired) electrons. The van der Waals surface area contributed by atoms with Crippen molar-refractivity contribution in [2.45, 2.75) is 26.4 Å². The van der Waals surface area contributed by atoms with Gasteiger partial charge in [-0.15, -0.1) is 0 Å². The summed E-state index contributed by atoms with van der Waals surface area (Å²) < 4.78 is 10.6. The van der Waals surface area contributed by atoms with Crippen LogP contribution in [0.2, 0.25) is 0 Å². The number of aromatic hydroxyl groups is 1. The number of phenolic OH excluding ortho intramolecular Hbond substituents is 1. The molecule has 0 aliphatic heterocycles. The average Bonchev–Trinajstić information content (AvgIpc) is 2.61. The van der Waals surface area contributed by atoms with E-state index < -0.39 is 12.2 Å². The second kappa shape index (κ2) is 9.10. The van der Waals surface area contributed by atoms with Gasteiger partial charge in [-0.05, 0) is 49.1 Å². The number of amides is 1. The summed E-state index contributed by atoms with van der Waals surface area (Å²) in [6, 6.07) is 12.2. The lowest BCUT2D eigenvalue weighted by molar-refractivity contribution is 0.0666. The number of nitrogens with one attached hydrogen (secondary N) is 1. The molecule has 0 unspecified atom stereocenters. The Balaban J connectivity index is 2.17. The molecular weight excluding hydrogens is 334 g/mol. The Hall–Kier alpha value is -2.73. The topological polar surface area (TPSA) is 88.0 Å². The molecule has 0 spiro atoms. The van der Waals surface area contributed by atoms with Crippen LogP contribution in [-0.4, -0.2) is 30.0 Å². The van der Waals surface area contributed by atoms with E-state index in [0.717, 1.165) is 5.56 Å². The minimum atomic E-state index is -0.621. The van der Waals surface area contributed by atoms with Gasteiger partial charge >= 0.3 is 6.09 Å². The number of carbonyl (C=O) groups excluding carboxylic acids is 1. The van der Waals surface area contributed by atoms with Gasteiger partial charge in [0, 0.05) is 12.3 Å². The highest BCUT2D eigenvalue weighted by Crippen LogP contribution is 2.34. The van der Waals surface area contributed by atoms with E-state index in [4.69, 9.17) is 9.47 Å². The first kappa shape index (κ1) is 19.6. The molecule has 1 amide bonds. The second-order valence-electron chi connectivity index (χ2n) is 6.24. The Bertz CT molecular complexity index is 729. The quantitative estimate of drug-likeness (QED) is 0.695. The highest BCUT2D eigenvalue weighted by Gasteiger charge is 2.24. The van der Waals surface area contributed by atoms with Gasteiger partial charge in [0.05, 0.1) is 7.11 Å². The zero-order valence-corrected chi connectivity index (χ0v) is 15.2. The number of aryl methyl sites for hydroxylation is 1. The molecule has 2 rings (SSSR count). The molecule has 0 saturated carbocycles. The Labute approximate surface area is 153 Å². The van der Waals surface area contributed by atoms with Gasteiger partial charge in [0.1, 0.15) is 6.10 Å². The fourth-order valence-corrected chi connectivity index (χ4v) is 2.65. The zero-order valence-electron chi connectivity index (χ0n) is 15.2. The molecule has 3 N–H and O–H groups in total. The van der Waals surface area contributed by atoms with Crippen molar-refractivity contribution in [1.82, 2.24) is 0 Å². The second-order valence-corrected chi connectivity index (χ2v) is 6.24. The first-order chi connectivity index (χ1) is 12.4. The number of aliphatic hydroxyl groups excluding tert-OH is 1. The molecule has 0 aliphatic rings. The van der Waals surface area contributed by atoms with Crippen LogP contribution in [0.25, 0.3) is 0 Å². The van der Waals surface area contributed by atoms with Crippen LogP contribution in [0.5, 0.6) is 11.5 Å². The minimum Gasteiger partial charge on any atom is -0.504 e. The number of phenols is 1. The maximum Gasteiger partial charge on any atom is 0.412 e. The van der Waals surface area contributed by atoms with E-state index in [1.807, 2.05) is 26.0 Å². The molecule has 2 aromatic rings. The number of carbonyl (C=O) groups is 1. The van der Waals surface area contributed by atoms with Gasteiger partial charge in [0.15, 0.2) is 11.5 Å². The van der Waals surface area contributed by atoms with E-state index in [1.165, 1.54) is 13.2 Å². The van der Waals surface area contributed by atoms with Gasteiger partial charge in [-0.25, -0.2) is 4.79 Å². The zero-order chi connectivity index (χ0) is 19.1. The molecule has 0 fully saturated rings. The Kier molecular flexibility index (Phi) is 6.86. The van der Waals surface area contributed by atoms with Crippen molar-refractivity contribution < 1.29 is 24.5 Å². The van der Waals surface area contributed by atoms with E-state index in [-0.39, 0.29) is 18.3 Å². The number of rotatable bonds is 7. The number of benzene rings is 2. The summed E-state index contributed by atoms with van der Waals surface area (Å²) in [5.41, 5.74) is 2.35. The summed E-state index contributed by atoms with van der Waals surface area (Å²) in [5, 5.41) is 21.9. The molecule has 2 aromatic carbocycles. The summed E-state index contributed by atoms with van der Waals surface area (Å²) in [6.45, 7) is 3.81. The van der Waals surface area contributed by atoms with Crippen LogP contribution in [-0.2, 0) is 4.74 Å². The molecule has 6 heteroatoms. The van der Waals surface area contributed by atoms with Crippen molar-refractivity contribution in [1.29, 1.82) is 0 Å². The van der Waals surface area contributed by atoms with Crippen molar-refractivity contribution in [2.24, 2.45) is 5.92 Å². The summed E-state index contributed by atoms with van der Waals surface area (Å²) in [5.74, 6) is 0.164. The van der Waals surface area contributed by atoms with Gasteiger partial charge in [0.25, 0.3) is 0 Å². The van der Waals surface area contributed by atoms with E-state index >= 15 is 0 Å². The van der Waals surface area contributed by atoms with Gasteiger partial charge < -0.3 is 19.7 Å². The van der Waals surface area contributed by atoms with Crippen molar-refractivity contribution in [3.63, 3.8) is 0 Å². The molecule has 6 nitrogen and oxygen atoms in total. The third-order valence-corrected chi connectivity index (χ3v) is 4.16. The van der Waals surface area contributed by atoms with Crippen LogP contribution in [0, 0.1) is 12.8 Å². The van der Waals surface area contributed by atoms with Gasteiger partial charge in [-0.1, -0.05) is 30.7 Å². The molecule has 0 heterocycles. The number of ether oxygens (including phenoxy) is 2. The van der Waals surface area contributed by atoms with Gasteiger partial charge in [0.2, 0.25) is 0 Å². The van der Waals surface area contributed by atoms with Crippen LogP contribution < -0.4 is 10.1 Å². The molecule has 0 saturated heterocycles. The molecule has 0 bridgehead atoms. The standard InChI is InChI=1S/C20H25NO5/c1-13-4-7-16(8-5-13)21-20(24)26-19(14(2)10-11-22)15-6-9-18(25-3)17(23)12-15/h4-9,12,14,19,22-23H,10-11H2,1-3H3,(H,21,24)/t14-,19+/m1/s1. The lowest BCUT2D eigenvalue weighted by atomic mass is 9.94. The Morgan fingerprint density at radius 3 is 2.46 bits per heavy atom. The number of hydrogen-bond acceptors (Lipinski definition) is 5. The first-order valence-electron chi connectivity index (χ1n) is 8.46. The molecule has 26 heavy (non-hydrogen) atoms. The number of methoxy groups -OCH3 is 1. The van der Waals surface area contributed by atoms with Crippen molar-refractivity contribution in [3.05, 3.63) is 53.6 Å². The molecule has 140 valence electrons. The maximum absolute atomic E-state index is 12.3. The Morgan fingerprint density at radius 2 is 1.88 bits per heavy atom. The van der Waals surface area contributed by atoms with E-state index in [9.17, 15) is 15.0 Å². The monoisotopic (exact) mass is 359 g/mol. The molecular formula is C20H25NO5. The number of hydrogen-bond donors (Lipinski definition) is 3. The lowest BCUT2D eigenvalue weighted by Gasteiger charge is -2.24. The smallest absolute Gasteiger partial charge is 0.412 e. The van der Waals surface area contributed by atoms with Crippen LogP contribution in [0.15, 0.2) is 42.5 Å². The normalized spacial score (nSPS) is 12.9. The summed E-state index contributed by atoms with van der Waals surface area (Å²) in [4.78, 5) is 12.3. The molecule has 2 atom stereocenters. The first-order valence-corrected chi connectivity index (χ1v) is 8.46. The molecule has 0 aliphatic carbocycles. The number of anilines is 1. The summed E-state index contributed by atoms with van der Waals surface area (Å²) in [7, 11) is 1.46. The third kappa shape index (κ3) is 5.13. The van der Waals surface area contributed by atoms with Gasteiger partial charge in [-0.2, -0.15) is 0 Å². The summed E-state index contributed by atoms with van der Waals surface area (Å²) >= 11 is 0. The predicted molar refractivity (Wildman–Crippen MR) is 99.5 cm³/mol. The van der Waals surface area contributed by atoms with Crippen LogP contribution in [0.1, 0.15) is 30.6 Å².